The molecule has 0 aromatic carbocycles. The molecule has 0 radical (unpaired) electrons. The van der Waals surface area contributed by atoms with Crippen LogP contribution in [0.25, 0.3) is 0 Å². The van der Waals surface area contributed by atoms with E-state index in [1.54, 1.807) is 18.3 Å². The zero-order chi connectivity index (χ0) is 20.2. The van der Waals surface area contributed by atoms with E-state index in [4.69, 9.17) is 0 Å². The number of piperazine rings is 1. The van der Waals surface area contributed by atoms with Gasteiger partial charge in [0.25, 0.3) is 0 Å². The van der Waals surface area contributed by atoms with Gasteiger partial charge in [-0.2, -0.15) is 5.26 Å². The van der Waals surface area contributed by atoms with Gasteiger partial charge < -0.3 is 14.7 Å². The summed E-state index contributed by atoms with van der Waals surface area (Å²) in [6, 6.07) is 5.44. The second-order valence-electron chi connectivity index (χ2n) is 8.32. The highest BCUT2D eigenvalue weighted by Gasteiger charge is 2.39. The number of nitrogens with zero attached hydrogens (tertiary/aromatic N) is 5. The quantitative estimate of drug-likeness (QED) is 0.784. The number of rotatable bonds is 3. The van der Waals surface area contributed by atoms with Crippen molar-refractivity contribution in [2.75, 3.05) is 37.6 Å². The van der Waals surface area contributed by atoms with Crippen LogP contribution in [0.1, 0.15) is 50.5 Å². The van der Waals surface area contributed by atoms with Gasteiger partial charge in [-0.1, -0.05) is 19.3 Å². The molecular weight excluding hydrogens is 366 g/mol. The highest BCUT2D eigenvalue weighted by atomic mass is 16.2. The lowest BCUT2D eigenvalue weighted by Gasteiger charge is -2.38. The van der Waals surface area contributed by atoms with Gasteiger partial charge in [-0.15, -0.1) is 0 Å². The Labute approximate surface area is 172 Å². The molecule has 29 heavy (non-hydrogen) atoms. The van der Waals surface area contributed by atoms with Crippen molar-refractivity contribution in [1.82, 2.24) is 14.8 Å². The van der Waals surface area contributed by atoms with Crippen LogP contribution in [-0.4, -0.2) is 65.4 Å². The smallest absolute Gasteiger partial charge is 0.245 e. The van der Waals surface area contributed by atoms with Gasteiger partial charge in [-0.25, -0.2) is 4.98 Å². The zero-order valence-corrected chi connectivity index (χ0v) is 16.9. The van der Waals surface area contributed by atoms with Gasteiger partial charge in [0, 0.05) is 44.8 Å². The molecule has 2 saturated heterocycles. The minimum Gasteiger partial charge on any atom is -0.352 e. The SMILES string of the molecule is N#Cc1cccnc1N1CCN(C(=O)C2CCCN2C(=O)C2CCCCC2)CC1. The molecule has 1 aromatic rings. The van der Waals surface area contributed by atoms with Gasteiger partial charge in [0.2, 0.25) is 11.8 Å². The summed E-state index contributed by atoms with van der Waals surface area (Å²) in [4.78, 5) is 36.4. The maximum Gasteiger partial charge on any atom is 0.245 e. The summed E-state index contributed by atoms with van der Waals surface area (Å²) in [6.45, 7) is 3.22. The van der Waals surface area contributed by atoms with Crippen LogP contribution in [0.15, 0.2) is 18.3 Å². The molecule has 1 unspecified atom stereocenters. The van der Waals surface area contributed by atoms with Crippen LogP contribution in [0.4, 0.5) is 5.82 Å². The predicted octanol–water partition coefficient (Wildman–Crippen LogP) is 2.17. The number of likely N-dealkylation sites (tertiary alicyclic amines) is 1. The first-order chi connectivity index (χ1) is 14.2. The van der Waals surface area contributed by atoms with Gasteiger partial charge in [-0.05, 0) is 37.8 Å². The first-order valence-electron chi connectivity index (χ1n) is 10.9. The Bertz CT molecular complexity index is 791. The number of nitriles is 1. The molecule has 7 heteroatoms. The minimum atomic E-state index is -0.291. The van der Waals surface area contributed by atoms with Crippen LogP contribution in [0, 0.1) is 17.2 Å². The fourth-order valence-corrected chi connectivity index (χ4v) is 4.96. The Morgan fingerprint density at radius 3 is 2.45 bits per heavy atom. The number of carbonyl (C=O) groups excluding carboxylic acids is 2. The second-order valence-corrected chi connectivity index (χ2v) is 8.32. The molecule has 154 valence electrons. The van der Waals surface area contributed by atoms with Crippen LogP contribution >= 0.6 is 0 Å². The van der Waals surface area contributed by atoms with Crippen molar-refractivity contribution in [3.8, 4) is 6.07 Å². The number of pyridine rings is 1. The third-order valence-corrected chi connectivity index (χ3v) is 6.57. The fraction of sp³-hybridized carbons (Fsp3) is 0.636. The molecule has 7 nitrogen and oxygen atoms in total. The standard InChI is InChI=1S/C22H29N5O2/c23-16-18-8-4-10-24-20(18)25-12-14-26(15-13-25)22(29)19-9-5-11-27(19)21(28)17-6-2-1-3-7-17/h4,8,10,17,19H,1-3,5-7,9,11-15H2. The van der Waals surface area contributed by atoms with Gasteiger partial charge >= 0.3 is 0 Å². The molecular formula is C22H29N5O2. The summed E-state index contributed by atoms with van der Waals surface area (Å²) >= 11 is 0. The zero-order valence-electron chi connectivity index (χ0n) is 16.9. The molecule has 3 fully saturated rings. The summed E-state index contributed by atoms with van der Waals surface area (Å²) in [6.07, 6.45) is 8.80. The number of hydrogen-bond acceptors (Lipinski definition) is 5. The summed E-state index contributed by atoms with van der Waals surface area (Å²) in [5.74, 6) is 1.10. The van der Waals surface area contributed by atoms with Crippen molar-refractivity contribution in [3.63, 3.8) is 0 Å². The van der Waals surface area contributed by atoms with Crippen molar-refractivity contribution >= 4 is 17.6 Å². The fourth-order valence-electron chi connectivity index (χ4n) is 4.96. The van der Waals surface area contributed by atoms with Crippen LogP contribution in [0.2, 0.25) is 0 Å². The van der Waals surface area contributed by atoms with Crippen LogP contribution in [-0.2, 0) is 9.59 Å². The Morgan fingerprint density at radius 2 is 1.72 bits per heavy atom. The molecule has 1 aromatic heterocycles. The average molecular weight is 396 g/mol. The lowest BCUT2D eigenvalue weighted by Crippen LogP contribution is -2.55. The lowest BCUT2D eigenvalue weighted by molar-refractivity contribution is -0.146. The van der Waals surface area contributed by atoms with Crippen LogP contribution in [0.5, 0.6) is 0 Å². The van der Waals surface area contributed by atoms with Gasteiger partial charge in [0.15, 0.2) is 0 Å². The van der Waals surface area contributed by atoms with Crippen molar-refractivity contribution in [2.45, 2.75) is 51.0 Å². The molecule has 1 aliphatic carbocycles. The van der Waals surface area contributed by atoms with E-state index in [2.05, 4.69) is 16.0 Å². The maximum absolute atomic E-state index is 13.2. The summed E-state index contributed by atoms with van der Waals surface area (Å²) in [7, 11) is 0. The van der Waals surface area contributed by atoms with Gasteiger partial charge in [0.05, 0.1) is 5.56 Å². The topological polar surface area (TPSA) is 80.5 Å². The Hall–Kier alpha value is -2.62. The lowest BCUT2D eigenvalue weighted by atomic mass is 9.88. The van der Waals surface area contributed by atoms with Crippen molar-refractivity contribution in [2.24, 2.45) is 5.92 Å². The third-order valence-electron chi connectivity index (χ3n) is 6.57. The summed E-state index contributed by atoms with van der Waals surface area (Å²) < 4.78 is 0. The minimum absolute atomic E-state index is 0.0906. The van der Waals surface area contributed by atoms with Crippen LogP contribution < -0.4 is 4.90 Å². The molecule has 1 atom stereocenters. The highest BCUT2D eigenvalue weighted by Crippen LogP contribution is 2.29. The van der Waals surface area contributed by atoms with Crippen molar-refractivity contribution in [3.05, 3.63) is 23.9 Å². The van der Waals surface area contributed by atoms with Gasteiger partial charge in [0.1, 0.15) is 17.9 Å². The average Bonchev–Trinajstić information content (AvgIpc) is 3.28. The molecule has 2 aliphatic heterocycles. The van der Waals surface area contributed by atoms with Crippen molar-refractivity contribution < 1.29 is 9.59 Å². The normalized spacial score (nSPS) is 23.1. The monoisotopic (exact) mass is 395 g/mol. The molecule has 0 N–H and O–H groups in total. The van der Waals surface area contributed by atoms with Crippen LogP contribution in [0.3, 0.4) is 0 Å². The van der Waals surface area contributed by atoms with E-state index < -0.39 is 0 Å². The first-order valence-corrected chi connectivity index (χ1v) is 10.9. The predicted molar refractivity (Wildman–Crippen MR) is 109 cm³/mol. The number of anilines is 1. The largest absolute Gasteiger partial charge is 0.352 e. The van der Waals surface area contributed by atoms with E-state index in [0.717, 1.165) is 38.5 Å². The maximum atomic E-state index is 13.2. The third kappa shape index (κ3) is 4.07. The summed E-state index contributed by atoms with van der Waals surface area (Å²) in [5.41, 5.74) is 0.562. The molecule has 3 aliphatic rings. The number of carbonyl (C=O) groups is 2. The van der Waals surface area contributed by atoms with E-state index in [1.165, 1.54) is 6.42 Å². The molecule has 2 amide bonds. The number of aromatic nitrogens is 1. The molecule has 3 heterocycles. The summed E-state index contributed by atoms with van der Waals surface area (Å²) in [5, 5.41) is 9.30. The Balaban J connectivity index is 1.37. The Kier molecular flexibility index (Phi) is 5.98. The van der Waals surface area contributed by atoms with E-state index >= 15 is 0 Å². The highest BCUT2D eigenvalue weighted by molar-refractivity contribution is 5.89. The number of amides is 2. The molecule has 4 rings (SSSR count). The first kappa shape index (κ1) is 19.7. The van der Waals surface area contributed by atoms with E-state index in [1.807, 2.05) is 9.80 Å². The Morgan fingerprint density at radius 1 is 0.966 bits per heavy atom. The second kappa shape index (κ2) is 8.81. The molecule has 1 saturated carbocycles. The van der Waals surface area contributed by atoms with E-state index in [0.29, 0.717) is 44.1 Å². The van der Waals surface area contributed by atoms with E-state index in [-0.39, 0.29) is 23.8 Å². The van der Waals surface area contributed by atoms with Gasteiger partial charge in [-0.3, -0.25) is 9.59 Å². The van der Waals surface area contributed by atoms with Crippen molar-refractivity contribution in [1.29, 1.82) is 5.26 Å². The molecule has 0 spiro atoms. The molecule has 0 bridgehead atoms. The number of hydrogen-bond donors (Lipinski definition) is 0. The van der Waals surface area contributed by atoms with E-state index in [9.17, 15) is 14.9 Å².